The number of hydrogen-bond acceptors (Lipinski definition) is 5. The van der Waals surface area contributed by atoms with Crippen LogP contribution in [0.5, 0.6) is 0 Å². The second-order valence-corrected chi connectivity index (χ2v) is 4.10. The summed E-state index contributed by atoms with van der Waals surface area (Å²) in [5.74, 6) is 0. The molecule has 0 radical (unpaired) electrons. The highest BCUT2D eigenvalue weighted by molar-refractivity contribution is 5.00. The van der Waals surface area contributed by atoms with Crippen LogP contribution in [0.4, 0.5) is 0 Å². The molecule has 2 aliphatic rings. The third-order valence-corrected chi connectivity index (χ3v) is 3.16. The summed E-state index contributed by atoms with van der Waals surface area (Å²) in [6, 6.07) is -0.230. The molecule has 5 nitrogen and oxygen atoms in total. The Bertz CT molecular complexity index is 196. The van der Waals surface area contributed by atoms with Crippen LogP contribution in [0.1, 0.15) is 6.42 Å². The van der Waals surface area contributed by atoms with Gasteiger partial charge in [-0.3, -0.25) is 4.90 Å². The van der Waals surface area contributed by atoms with Gasteiger partial charge in [-0.1, -0.05) is 0 Å². The van der Waals surface area contributed by atoms with E-state index >= 15 is 0 Å². The molecule has 0 bridgehead atoms. The Morgan fingerprint density at radius 1 is 1.21 bits per heavy atom. The number of aliphatic hydroxyl groups is 2. The van der Waals surface area contributed by atoms with Gasteiger partial charge in [-0.25, -0.2) is 0 Å². The number of nitrogens with two attached hydrogens (primary N) is 1. The largest absolute Gasteiger partial charge is 0.390 e. The predicted molar refractivity (Wildman–Crippen MR) is 50.8 cm³/mol. The highest BCUT2D eigenvalue weighted by Gasteiger charge is 2.43. The Hall–Kier alpha value is -0.200. The van der Waals surface area contributed by atoms with Gasteiger partial charge in [0, 0.05) is 19.1 Å². The van der Waals surface area contributed by atoms with Gasteiger partial charge in [0.15, 0.2) is 0 Å². The van der Waals surface area contributed by atoms with Crippen molar-refractivity contribution in [1.82, 2.24) is 4.90 Å². The van der Waals surface area contributed by atoms with Gasteiger partial charge in [0.2, 0.25) is 0 Å². The van der Waals surface area contributed by atoms with E-state index in [1.54, 1.807) is 0 Å². The standard InChI is InChI=1S/C9H18N2O3/c10-6-5-7(12)9(13)8(6)11-1-3-14-4-2-11/h6-9,12-13H,1-5,10H2/t6-,7+,8+,9+/m1/s1. The summed E-state index contributed by atoms with van der Waals surface area (Å²) in [4.78, 5) is 2.12. The molecule has 1 heterocycles. The molecule has 82 valence electrons. The SMILES string of the molecule is N[C@@H]1C[C@H](O)[C@H](O)[C@H]1N1CCOCC1. The molecule has 0 aromatic rings. The van der Waals surface area contributed by atoms with Crippen molar-refractivity contribution in [3.63, 3.8) is 0 Å². The molecule has 2 rings (SSSR count). The average molecular weight is 202 g/mol. The van der Waals surface area contributed by atoms with E-state index in [-0.39, 0.29) is 12.1 Å². The van der Waals surface area contributed by atoms with Crippen LogP contribution in [0.25, 0.3) is 0 Å². The number of rotatable bonds is 1. The first-order chi connectivity index (χ1) is 6.70. The van der Waals surface area contributed by atoms with Gasteiger partial charge in [0.05, 0.1) is 31.5 Å². The maximum absolute atomic E-state index is 9.77. The second kappa shape index (κ2) is 4.12. The van der Waals surface area contributed by atoms with Crippen molar-refractivity contribution in [2.45, 2.75) is 30.7 Å². The van der Waals surface area contributed by atoms with Crippen LogP contribution in [0, 0.1) is 0 Å². The summed E-state index contributed by atoms with van der Waals surface area (Å²) >= 11 is 0. The maximum Gasteiger partial charge on any atom is 0.0969 e. The van der Waals surface area contributed by atoms with Gasteiger partial charge in [0.1, 0.15) is 0 Å². The van der Waals surface area contributed by atoms with Gasteiger partial charge in [-0.15, -0.1) is 0 Å². The van der Waals surface area contributed by atoms with Crippen LogP contribution < -0.4 is 5.73 Å². The summed E-state index contributed by atoms with van der Waals surface area (Å²) < 4.78 is 5.23. The van der Waals surface area contributed by atoms with Gasteiger partial charge in [0.25, 0.3) is 0 Å². The van der Waals surface area contributed by atoms with Crippen molar-refractivity contribution in [1.29, 1.82) is 0 Å². The van der Waals surface area contributed by atoms with E-state index in [0.29, 0.717) is 19.6 Å². The summed E-state index contributed by atoms with van der Waals surface area (Å²) in [6.07, 6.45) is -0.885. The molecule has 4 atom stereocenters. The van der Waals surface area contributed by atoms with E-state index in [4.69, 9.17) is 10.5 Å². The third-order valence-electron chi connectivity index (χ3n) is 3.16. The van der Waals surface area contributed by atoms with Crippen molar-refractivity contribution in [3.05, 3.63) is 0 Å². The molecule has 4 N–H and O–H groups in total. The normalized spacial score (nSPS) is 45.6. The molecule has 1 saturated heterocycles. The summed E-state index contributed by atoms with van der Waals surface area (Å²) in [5, 5.41) is 19.2. The quantitative estimate of drug-likeness (QED) is 0.465. The first kappa shape index (κ1) is 10.3. The highest BCUT2D eigenvalue weighted by atomic mass is 16.5. The molecule has 0 aromatic heterocycles. The molecule has 1 aliphatic carbocycles. The fourth-order valence-electron chi connectivity index (χ4n) is 2.40. The van der Waals surface area contributed by atoms with Gasteiger partial charge < -0.3 is 20.7 Å². The molecule has 0 amide bonds. The predicted octanol–water partition coefficient (Wildman–Crippen LogP) is -1.86. The number of ether oxygens (including phenoxy) is 1. The number of nitrogens with zero attached hydrogens (tertiary/aromatic N) is 1. The van der Waals surface area contributed by atoms with Gasteiger partial charge in [-0.2, -0.15) is 0 Å². The lowest BCUT2D eigenvalue weighted by atomic mass is 10.1. The Morgan fingerprint density at radius 3 is 2.36 bits per heavy atom. The molecule has 2 fully saturated rings. The first-order valence-corrected chi connectivity index (χ1v) is 5.13. The minimum atomic E-state index is -0.705. The minimum absolute atomic E-state index is 0.103. The molecule has 1 saturated carbocycles. The fraction of sp³-hybridized carbons (Fsp3) is 1.00. The third kappa shape index (κ3) is 1.78. The average Bonchev–Trinajstić information content (AvgIpc) is 2.43. The fourth-order valence-corrected chi connectivity index (χ4v) is 2.40. The lowest BCUT2D eigenvalue weighted by molar-refractivity contribution is -0.0383. The Balaban J connectivity index is 2.00. The van der Waals surface area contributed by atoms with Crippen LogP contribution in [-0.2, 0) is 4.74 Å². The monoisotopic (exact) mass is 202 g/mol. The first-order valence-electron chi connectivity index (χ1n) is 5.13. The van der Waals surface area contributed by atoms with Crippen molar-refractivity contribution in [2.75, 3.05) is 26.3 Å². The maximum atomic E-state index is 9.77. The zero-order chi connectivity index (χ0) is 10.1. The van der Waals surface area contributed by atoms with Gasteiger partial charge in [-0.05, 0) is 6.42 Å². The second-order valence-electron chi connectivity index (χ2n) is 4.10. The molecule has 0 unspecified atom stereocenters. The lowest BCUT2D eigenvalue weighted by Gasteiger charge is -2.36. The van der Waals surface area contributed by atoms with E-state index < -0.39 is 12.2 Å². The van der Waals surface area contributed by atoms with Crippen molar-refractivity contribution >= 4 is 0 Å². The molecule has 14 heavy (non-hydrogen) atoms. The molecule has 5 heteroatoms. The Kier molecular flexibility index (Phi) is 3.04. The molecular formula is C9H18N2O3. The number of hydrogen-bond donors (Lipinski definition) is 3. The molecule has 0 spiro atoms. The smallest absolute Gasteiger partial charge is 0.0969 e. The highest BCUT2D eigenvalue weighted by Crippen LogP contribution is 2.24. The molecule has 1 aliphatic heterocycles. The van der Waals surface area contributed by atoms with Crippen molar-refractivity contribution < 1.29 is 14.9 Å². The van der Waals surface area contributed by atoms with E-state index in [2.05, 4.69) is 4.90 Å². The van der Waals surface area contributed by atoms with E-state index in [0.717, 1.165) is 13.1 Å². The molecule has 0 aromatic carbocycles. The van der Waals surface area contributed by atoms with E-state index in [1.807, 2.05) is 0 Å². The number of morpholine rings is 1. The minimum Gasteiger partial charge on any atom is -0.390 e. The summed E-state index contributed by atoms with van der Waals surface area (Å²) in [5.41, 5.74) is 5.89. The zero-order valence-electron chi connectivity index (χ0n) is 8.17. The number of aliphatic hydroxyl groups excluding tert-OH is 2. The molecular weight excluding hydrogens is 184 g/mol. The van der Waals surface area contributed by atoms with Crippen molar-refractivity contribution in [3.8, 4) is 0 Å². The topological polar surface area (TPSA) is 79.0 Å². The van der Waals surface area contributed by atoms with E-state index in [1.165, 1.54) is 0 Å². The van der Waals surface area contributed by atoms with Crippen molar-refractivity contribution in [2.24, 2.45) is 5.73 Å². The summed E-state index contributed by atoms with van der Waals surface area (Å²) in [7, 11) is 0. The van der Waals surface area contributed by atoms with Crippen LogP contribution in [-0.4, -0.2) is 65.7 Å². The van der Waals surface area contributed by atoms with Gasteiger partial charge >= 0.3 is 0 Å². The van der Waals surface area contributed by atoms with E-state index in [9.17, 15) is 10.2 Å². The summed E-state index contributed by atoms with van der Waals surface area (Å²) in [6.45, 7) is 2.96. The van der Waals surface area contributed by atoms with Crippen LogP contribution >= 0.6 is 0 Å². The van der Waals surface area contributed by atoms with Crippen LogP contribution in [0.15, 0.2) is 0 Å². The lowest BCUT2D eigenvalue weighted by Crippen LogP contribution is -2.54. The zero-order valence-corrected chi connectivity index (χ0v) is 8.17. The van der Waals surface area contributed by atoms with Crippen LogP contribution in [0.3, 0.4) is 0 Å². The van der Waals surface area contributed by atoms with Crippen LogP contribution in [0.2, 0.25) is 0 Å². The Labute approximate surface area is 83.4 Å². The Morgan fingerprint density at radius 2 is 1.86 bits per heavy atom.